The normalized spacial score (nSPS) is 11.8. The van der Waals surface area contributed by atoms with Crippen molar-refractivity contribution < 1.29 is 0 Å². The Kier molecular flexibility index (Phi) is 3.50. The van der Waals surface area contributed by atoms with E-state index < -0.39 is 0 Å². The zero-order chi connectivity index (χ0) is 14.3. The number of rotatable bonds is 3. The van der Waals surface area contributed by atoms with Gasteiger partial charge in [0.05, 0.1) is 12.1 Å². The Bertz CT molecular complexity index is 837. The number of aromatic nitrogens is 2. The summed E-state index contributed by atoms with van der Waals surface area (Å²) in [4.78, 5) is 19.6. The number of aromatic amines is 1. The lowest BCUT2D eigenvalue weighted by molar-refractivity contribution is 0.573. The molecule has 0 saturated carbocycles. The van der Waals surface area contributed by atoms with Crippen LogP contribution in [0.4, 0.5) is 0 Å². The van der Waals surface area contributed by atoms with Gasteiger partial charge in [-0.25, -0.2) is 4.98 Å². The number of fused-ring (bicyclic) bond motifs is 3. The molecule has 0 spiro atoms. The van der Waals surface area contributed by atoms with Crippen LogP contribution in [0.2, 0.25) is 5.02 Å². The molecular weight excluding hydrogens is 294 g/mol. The molecule has 104 valence electrons. The van der Waals surface area contributed by atoms with Gasteiger partial charge in [0.1, 0.15) is 10.5 Å². The minimum absolute atomic E-state index is 0.0899. The van der Waals surface area contributed by atoms with Gasteiger partial charge in [0.2, 0.25) is 0 Å². The number of benzene rings is 1. The van der Waals surface area contributed by atoms with Crippen LogP contribution < -0.4 is 10.9 Å². The predicted octanol–water partition coefficient (Wildman–Crippen LogP) is 3.29. The topological polar surface area (TPSA) is 57.8 Å². The van der Waals surface area contributed by atoms with E-state index in [0.717, 1.165) is 15.6 Å². The number of nitrogens with zero attached hydrogens (tertiary/aromatic N) is 1. The molecule has 2 N–H and O–H groups in total. The molecule has 0 bridgehead atoms. The Morgan fingerprint density at radius 1 is 1.45 bits per heavy atom. The number of thiophene rings is 1. The van der Waals surface area contributed by atoms with E-state index in [1.807, 2.05) is 18.2 Å². The van der Waals surface area contributed by atoms with Gasteiger partial charge in [0, 0.05) is 21.2 Å². The summed E-state index contributed by atoms with van der Waals surface area (Å²) in [6, 6.07) is 5.95. The highest BCUT2D eigenvalue weighted by molar-refractivity contribution is 7.25. The van der Waals surface area contributed by atoms with E-state index in [1.165, 1.54) is 11.3 Å². The van der Waals surface area contributed by atoms with Crippen LogP contribution in [0.25, 0.3) is 20.3 Å². The Morgan fingerprint density at radius 3 is 3.00 bits per heavy atom. The molecule has 0 amide bonds. The van der Waals surface area contributed by atoms with Crippen LogP contribution in [-0.4, -0.2) is 16.0 Å². The Hall–Kier alpha value is -1.43. The fourth-order valence-corrected chi connectivity index (χ4v) is 3.25. The molecule has 0 atom stereocenters. The van der Waals surface area contributed by atoms with Crippen molar-refractivity contribution in [3.05, 3.63) is 39.4 Å². The van der Waals surface area contributed by atoms with Crippen molar-refractivity contribution >= 4 is 43.2 Å². The summed E-state index contributed by atoms with van der Waals surface area (Å²) in [5, 5.41) is 4.84. The van der Waals surface area contributed by atoms with Crippen LogP contribution in [-0.2, 0) is 6.54 Å². The third kappa shape index (κ3) is 2.44. The lowest BCUT2D eigenvalue weighted by atomic mass is 10.2. The molecule has 0 unspecified atom stereocenters. The second-order valence-electron chi connectivity index (χ2n) is 4.97. The van der Waals surface area contributed by atoms with Crippen molar-refractivity contribution in [2.45, 2.75) is 26.4 Å². The van der Waals surface area contributed by atoms with E-state index in [2.05, 4.69) is 29.1 Å². The summed E-state index contributed by atoms with van der Waals surface area (Å²) in [6.07, 6.45) is 0. The number of halogens is 1. The van der Waals surface area contributed by atoms with Crippen LogP contribution >= 0.6 is 22.9 Å². The van der Waals surface area contributed by atoms with Crippen LogP contribution in [0.3, 0.4) is 0 Å². The molecular formula is C14H14ClN3OS. The molecule has 2 aromatic heterocycles. The smallest absolute Gasteiger partial charge is 0.268 e. The summed E-state index contributed by atoms with van der Waals surface area (Å²) in [6.45, 7) is 4.65. The zero-order valence-electron chi connectivity index (χ0n) is 11.2. The monoisotopic (exact) mass is 307 g/mol. The summed E-state index contributed by atoms with van der Waals surface area (Å²) < 4.78 is 1.67. The maximum Gasteiger partial charge on any atom is 0.268 e. The minimum atomic E-state index is -0.0899. The molecule has 3 aromatic rings. The predicted molar refractivity (Wildman–Crippen MR) is 84.7 cm³/mol. The van der Waals surface area contributed by atoms with Crippen molar-refractivity contribution in [2.24, 2.45) is 0 Å². The zero-order valence-corrected chi connectivity index (χ0v) is 12.7. The van der Waals surface area contributed by atoms with E-state index in [9.17, 15) is 4.79 Å². The van der Waals surface area contributed by atoms with Crippen LogP contribution in [0.5, 0.6) is 0 Å². The second kappa shape index (κ2) is 5.16. The SMILES string of the molecule is CC(C)NCc1nc2c(sc3ccc(Cl)cc32)c(=O)[nH]1. The van der Waals surface area contributed by atoms with Gasteiger partial charge in [0.25, 0.3) is 5.56 Å². The molecule has 0 fully saturated rings. The van der Waals surface area contributed by atoms with Crippen LogP contribution in [0.15, 0.2) is 23.0 Å². The van der Waals surface area contributed by atoms with Gasteiger partial charge in [-0.05, 0) is 18.2 Å². The van der Waals surface area contributed by atoms with Gasteiger partial charge in [-0.15, -0.1) is 11.3 Å². The number of H-pyrrole nitrogens is 1. The molecule has 1 aromatic carbocycles. The fraction of sp³-hybridized carbons (Fsp3) is 0.286. The van der Waals surface area contributed by atoms with Crippen molar-refractivity contribution in [3.63, 3.8) is 0 Å². The van der Waals surface area contributed by atoms with Crippen LogP contribution in [0, 0.1) is 0 Å². The van der Waals surface area contributed by atoms with Crippen LogP contribution in [0.1, 0.15) is 19.7 Å². The molecule has 4 nitrogen and oxygen atoms in total. The first-order valence-corrected chi connectivity index (χ1v) is 7.58. The van der Waals surface area contributed by atoms with Crippen molar-refractivity contribution in [2.75, 3.05) is 0 Å². The fourth-order valence-electron chi connectivity index (χ4n) is 2.06. The first-order valence-electron chi connectivity index (χ1n) is 6.39. The lowest BCUT2D eigenvalue weighted by Gasteiger charge is -2.07. The Morgan fingerprint density at radius 2 is 2.25 bits per heavy atom. The van der Waals surface area contributed by atoms with Crippen molar-refractivity contribution in [1.82, 2.24) is 15.3 Å². The van der Waals surface area contributed by atoms with Gasteiger partial charge in [-0.1, -0.05) is 25.4 Å². The highest BCUT2D eigenvalue weighted by Gasteiger charge is 2.11. The summed E-state index contributed by atoms with van der Waals surface area (Å²) >= 11 is 7.48. The highest BCUT2D eigenvalue weighted by atomic mass is 35.5. The van der Waals surface area contributed by atoms with Gasteiger partial charge in [0.15, 0.2) is 0 Å². The number of hydrogen-bond acceptors (Lipinski definition) is 4. The third-order valence-electron chi connectivity index (χ3n) is 3.01. The second-order valence-corrected chi connectivity index (χ2v) is 6.46. The van der Waals surface area contributed by atoms with Gasteiger partial charge in [-0.3, -0.25) is 4.79 Å². The number of hydrogen-bond donors (Lipinski definition) is 2. The average molecular weight is 308 g/mol. The molecule has 2 heterocycles. The van der Waals surface area contributed by atoms with Gasteiger partial charge < -0.3 is 10.3 Å². The summed E-state index contributed by atoms with van der Waals surface area (Å²) in [5.74, 6) is 0.649. The molecule has 0 aliphatic carbocycles. The standard InChI is InChI=1S/C14H14ClN3OS/c1-7(2)16-6-11-17-12-9-5-8(15)3-4-10(9)20-13(12)14(19)18-11/h3-5,7,16H,6H2,1-2H3,(H,17,18,19). The summed E-state index contributed by atoms with van der Waals surface area (Å²) in [7, 11) is 0. The molecule has 20 heavy (non-hydrogen) atoms. The third-order valence-corrected chi connectivity index (χ3v) is 4.41. The van der Waals surface area contributed by atoms with Gasteiger partial charge in [-0.2, -0.15) is 0 Å². The Balaban J connectivity index is 2.20. The lowest BCUT2D eigenvalue weighted by Crippen LogP contribution is -2.24. The molecule has 0 aliphatic heterocycles. The van der Waals surface area contributed by atoms with E-state index in [0.29, 0.717) is 28.1 Å². The molecule has 3 rings (SSSR count). The Labute approximate surface area is 124 Å². The number of nitrogens with one attached hydrogen (secondary N) is 2. The van der Waals surface area contributed by atoms with E-state index in [1.54, 1.807) is 0 Å². The maximum absolute atomic E-state index is 12.2. The van der Waals surface area contributed by atoms with E-state index in [4.69, 9.17) is 11.6 Å². The first kappa shape index (κ1) is 13.5. The average Bonchev–Trinajstić information content (AvgIpc) is 2.75. The highest BCUT2D eigenvalue weighted by Crippen LogP contribution is 2.32. The van der Waals surface area contributed by atoms with Crippen molar-refractivity contribution in [1.29, 1.82) is 0 Å². The molecule has 0 aliphatic rings. The molecule has 0 saturated heterocycles. The molecule has 6 heteroatoms. The summed E-state index contributed by atoms with van der Waals surface area (Å²) in [5.41, 5.74) is 0.643. The van der Waals surface area contributed by atoms with E-state index in [-0.39, 0.29) is 5.56 Å². The maximum atomic E-state index is 12.2. The largest absolute Gasteiger partial charge is 0.308 e. The quantitative estimate of drug-likeness (QED) is 0.780. The van der Waals surface area contributed by atoms with Crippen molar-refractivity contribution in [3.8, 4) is 0 Å². The van der Waals surface area contributed by atoms with E-state index >= 15 is 0 Å². The van der Waals surface area contributed by atoms with Gasteiger partial charge >= 0.3 is 0 Å². The minimum Gasteiger partial charge on any atom is -0.308 e. The molecule has 0 radical (unpaired) electrons. The first-order chi connectivity index (χ1) is 9.54.